The van der Waals surface area contributed by atoms with Gasteiger partial charge in [-0.05, 0) is 35.7 Å². The number of thiophene rings is 1. The first kappa shape index (κ1) is 13.0. The summed E-state index contributed by atoms with van der Waals surface area (Å²) in [4.78, 5) is 8.68. The van der Waals surface area contributed by atoms with Crippen LogP contribution in [0.5, 0.6) is 0 Å². The molecular formula is C13H11N3O2S2. The summed E-state index contributed by atoms with van der Waals surface area (Å²) in [5.41, 5.74) is 1.67. The summed E-state index contributed by atoms with van der Waals surface area (Å²) in [7, 11) is -3.17. The van der Waals surface area contributed by atoms with E-state index in [1.54, 1.807) is 35.6 Å². The number of aromatic nitrogens is 2. The number of anilines is 2. The van der Waals surface area contributed by atoms with Crippen LogP contribution in [0.25, 0.3) is 10.2 Å². The first-order valence-electron chi connectivity index (χ1n) is 5.79. The van der Waals surface area contributed by atoms with Gasteiger partial charge < -0.3 is 5.32 Å². The molecule has 0 saturated carbocycles. The lowest BCUT2D eigenvalue weighted by molar-refractivity contribution is 0.602. The van der Waals surface area contributed by atoms with Gasteiger partial charge in [0.15, 0.2) is 15.7 Å². The van der Waals surface area contributed by atoms with Crippen LogP contribution in [0.15, 0.2) is 46.9 Å². The summed E-state index contributed by atoms with van der Waals surface area (Å²) in [6, 6.07) is 8.52. The van der Waals surface area contributed by atoms with Gasteiger partial charge in [0, 0.05) is 11.9 Å². The van der Waals surface area contributed by atoms with Crippen molar-refractivity contribution >= 4 is 42.9 Å². The zero-order valence-electron chi connectivity index (χ0n) is 10.6. The Morgan fingerprint density at radius 2 is 1.85 bits per heavy atom. The van der Waals surface area contributed by atoms with Gasteiger partial charge in [-0.2, -0.15) is 0 Å². The second-order valence-electron chi connectivity index (χ2n) is 4.28. The maximum absolute atomic E-state index is 11.4. The Kier molecular flexibility index (Phi) is 3.15. The molecule has 20 heavy (non-hydrogen) atoms. The molecule has 2 aromatic heterocycles. The van der Waals surface area contributed by atoms with Gasteiger partial charge in [0.2, 0.25) is 0 Å². The molecule has 3 aromatic rings. The van der Waals surface area contributed by atoms with Crippen molar-refractivity contribution in [2.75, 3.05) is 11.6 Å². The van der Waals surface area contributed by atoms with Crippen molar-refractivity contribution in [3.05, 3.63) is 42.0 Å². The maximum Gasteiger partial charge on any atom is 0.175 e. The molecular weight excluding hydrogens is 294 g/mol. The van der Waals surface area contributed by atoms with Crippen molar-refractivity contribution in [1.82, 2.24) is 9.97 Å². The fourth-order valence-electron chi connectivity index (χ4n) is 1.80. The third kappa shape index (κ3) is 2.50. The molecule has 0 amide bonds. The number of nitrogens with zero attached hydrogens (tertiary/aromatic N) is 2. The Morgan fingerprint density at radius 3 is 2.55 bits per heavy atom. The summed E-state index contributed by atoms with van der Waals surface area (Å²) in [6.07, 6.45) is 2.69. The molecule has 0 unspecified atom stereocenters. The Balaban J connectivity index is 1.93. The van der Waals surface area contributed by atoms with E-state index in [4.69, 9.17) is 0 Å². The van der Waals surface area contributed by atoms with Crippen LogP contribution >= 0.6 is 11.3 Å². The van der Waals surface area contributed by atoms with Gasteiger partial charge in [-0.1, -0.05) is 0 Å². The van der Waals surface area contributed by atoms with E-state index in [0.717, 1.165) is 21.7 Å². The van der Waals surface area contributed by atoms with Gasteiger partial charge in [0.1, 0.15) is 6.33 Å². The molecule has 1 N–H and O–H groups in total. The maximum atomic E-state index is 11.4. The van der Waals surface area contributed by atoms with Crippen molar-refractivity contribution in [1.29, 1.82) is 0 Å². The van der Waals surface area contributed by atoms with Crippen LogP contribution < -0.4 is 5.32 Å². The molecule has 1 aromatic carbocycles. The van der Waals surface area contributed by atoms with Crippen LogP contribution in [0.1, 0.15) is 0 Å². The molecule has 0 bridgehead atoms. The molecule has 0 atom stereocenters. The smallest absolute Gasteiger partial charge is 0.175 e. The number of hydrogen-bond acceptors (Lipinski definition) is 6. The highest BCUT2D eigenvalue weighted by molar-refractivity contribution is 7.90. The minimum Gasteiger partial charge on any atom is -0.339 e. The van der Waals surface area contributed by atoms with Crippen LogP contribution in [0.3, 0.4) is 0 Å². The number of hydrogen-bond donors (Lipinski definition) is 1. The lowest BCUT2D eigenvalue weighted by Gasteiger charge is -2.06. The van der Waals surface area contributed by atoms with E-state index in [0.29, 0.717) is 4.90 Å². The van der Waals surface area contributed by atoms with Crippen molar-refractivity contribution in [3.63, 3.8) is 0 Å². The molecule has 5 nitrogen and oxygen atoms in total. The highest BCUT2D eigenvalue weighted by Crippen LogP contribution is 2.27. The first-order chi connectivity index (χ1) is 9.54. The van der Waals surface area contributed by atoms with Crippen molar-refractivity contribution in [3.8, 4) is 0 Å². The van der Waals surface area contributed by atoms with E-state index in [1.165, 1.54) is 12.6 Å². The Labute approximate surface area is 120 Å². The van der Waals surface area contributed by atoms with E-state index in [9.17, 15) is 8.42 Å². The van der Waals surface area contributed by atoms with Gasteiger partial charge in [-0.25, -0.2) is 18.4 Å². The second-order valence-corrected chi connectivity index (χ2v) is 7.21. The normalized spacial score (nSPS) is 11.7. The highest BCUT2D eigenvalue weighted by atomic mass is 32.2. The average molecular weight is 305 g/mol. The van der Waals surface area contributed by atoms with E-state index >= 15 is 0 Å². The zero-order valence-corrected chi connectivity index (χ0v) is 12.2. The quantitative estimate of drug-likeness (QED) is 0.805. The molecule has 7 heteroatoms. The van der Waals surface area contributed by atoms with E-state index < -0.39 is 9.84 Å². The summed E-state index contributed by atoms with van der Waals surface area (Å²) in [5, 5.41) is 5.13. The topological polar surface area (TPSA) is 72.0 Å². The standard InChI is InChI=1S/C13H11N3O2S2/c1-20(17,18)10-4-2-9(3-5-10)16-13-12-11(6-7-19-12)14-8-15-13/h2-8H,1H3,(H,14,15,16). The Morgan fingerprint density at radius 1 is 1.10 bits per heavy atom. The Bertz CT molecular complexity index is 855. The molecule has 0 aliphatic carbocycles. The summed E-state index contributed by atoms with van der Waals surface area (Å²) >= 11 is 1.56. The molecule has 0 aliphatic heterocycles. The predicted molar refractivity (Wildman–Crippen MR) is 80.2 cm³/mol. The van der Waals surface area contributed by atoms with Crippen LogP contribution in [0.2, 0.25) is 0 Å². The van der Waals surface area contributed by atoms with Gasteiger partial charge in [-0.15, -0.1) is 11.3 Å². The van der Waals surface area contributed by atoms with E-state index in [2.05, 4.69) is 15.3 Å². The van der Waals surface area contributed by atoms with Crippen LogP contribution in [-0.4, -0.2) is 24.6 Å². The summed E-state index contributed by atoms with van der Waals surface area (Å²) < 4.78 is 23.8. The Hall–Kier alpha value is -1.99. The predicted octanol–water partition coefficient (Wildman–Crippen LogP) is 2.84. The first-order valence-corrected chi connectivity index (χ1v) is 8.56. The highest BCUT2D eigenvalue weighted by Gasteiger charge is 2.08. The SMILES string of the molecule is CS(=O)(=O)c1ccc(Nc2ncnc3ccsc23)cc1. The monoisotopic (exact) mass is 305 g/mol. The van der Waals surface area contributed by atoms with Crippen LogP contribution in [0, 0.1) is 0 Å². The molecule has 0 saturated heterocycles. The number of nitrogens with one attached hydrogen (secondary N) is 1. The van der Waals surface area contributed by atoms with Crippen molar-refractivity contribution < 1.29 is 8.42 Å². The van der Waals surface area contributed by atoms with Gasteiger partial charge in [0.25, 0.3) is 0 Å². The summed E-state index contributed by atoms with van der Waals surface area (Å²) in [5.74, 6) is 0.720. The lowest BCUT2D eigenvalue weighted by atomic mass is 10.3. The van der Waals surface area contributed by atoms with Crippen LogP contribution in [0.4, 0.5) is 11.5 Å². The fourth-order valence-corrected chi connectivity index (χ4v) is 3.22. The molecule has 0 aliphatic rings. The number of rotatable bonds is 3. The lowest BCUT2D eigenvalue weighted by Crippen LogP contribution is -1.98. The van der Waals surface area contributed by atoms with Crippen molar-refractivity contribution in [2.45, 2.75) is 4.90 Å². The van der Waals surface area contributed by atoms with Gasteiger partial charge in [0.05, 0.1) is 15.1 Å². The molecule has 0 radical (unpaired) electrons. The van der Waals surface area contributed by atoms with Gasteiger partial charge in [-0.3, -0.25) is 0 Å². The molecule has 3 rings (SSSR count). The zero-order chi connectivity index (χ0) is 14.2. The van der Waals surface area contributed by atoms with E-state index in [-0.39, 0.29) is 0 Å². The molecule has 2 heterocycles. The third-order valence-electron chi connectivity index (χ3n) is 2.79. The number of fused-ring (bicyclic) bond motifs is 1. The average Bonchev–Trinajstić information content (AvgIpc) is 2.88. The van der Waals surface area contributed by atoms with E-state index in [1.807, 2.05) is 11.4 Å². The molecule has 0 fully saturated rings. The second kappa shape index (κ2) is 4.84. The minimum atomic E-state index is -3.17. The summed E-state index contributed by atoms with van der Waals surface area (Å²) in [6.45, 7) is 0. The van der Waals surface area contributed by atoms with Crippen molar-refractivity contribution in [2.24, 2.45) is 0 Å². The fraction of sp³-hybridized carbons (Fsp3) is 0.0769. The number of sulfone groups is 1. The molecule has 102 valence electrons. The largest absolute Gasteiger partial charge is 0.339 e. The van der Waals surface area contributed by atoms with Gasteiger partial charge >= 0.3 is 0 Å². The molecule has 0 spiro atoms. The minimum absolute atomic E-state index is 0.298. The number of benzene rings is 1. The van der Waals surface area contributed by atoms with Crippen LogP contribution in [-0.2, 0) is 9.84 Å². The third-order valence-corrected chi connectivity index (χ3v) is 4.83.